The van der Waals surface area contributed by atoms with Crippen LogP contribution in [0.3, 0.4) is 0 Å². The third-order valence-corrected chi connectivity index (χ3v) is 3.13. The van der Waals surface area contributed by atoms with Gasteiger partial charge in [-0.1, -0.05) is 11.6 Å². The number of fused-ring (bicyclic) bond motifs is 1. The molecule has 3 aromatic rings. The van der Waals surface area contributed by atoms with Gasteiger partial charge in [0, 0.05) is 10.6 Å². The quantitative estimate of drug-likeness (QED) is 0.707. The molecule has 1 heterocycles. The fourth-order valence-corrected chi connectivity index (χ4v) is 2.05. The number of methoxy groups -OCH3 is 1. The monoisotopic (exact) mass is 270 g/mol. The molecule has 3 rings (SSSR count). The largest absolute Gasteiger partial charge is 0.497 e. The van der Waals surface area contributed by atoms with E-state index in [1.807, 2.05) is 42.5 Å². The summed E-state index contributed by atoms with van der Waals surface area (Å²) in [6.07, 6.45) is 1.75. The molecule has 0 N–H and O–H groups in total. The summed E-state index contributed by atoms with van der Waals surface area (Å²) in [5.74, 6) is 0.823. The summed E-state index contributed by atoms with van der Waals surface area (Å²) in [4.78, 5) is 8.96. The van der Waals surface area contributed by atoms with Crippen molar-refractivity contribution in [2.45, 2.75) is 0 Å². The van der Waals surface area contributed by atoms with E-state index < -0.39 is 0 Å². The Hall–Kier alpha value is -2.13. The van der Waals surface area contributed by atoms with Crippen LogP contribution < -0.4 is 4.74 Å². The zero-order chi connectivity index (χ0) is 13.2. The van der Waals surface area contributed by atoms with E-state index in [4.69, 9.17) is 16.3 Å². The maximum Gasteiger partial charge on any atom is 0.118 e. The van der Waals surface area contributed by atoms with Gasteiger partial charge in [0.2, 0.25) is 0 Å². The van der Waals surface area contributed by atoms with Gasteiger partial charge in [-0.05, 0) is 42.5 Å². The second kappa shape index (κ2) is 4.86. The summed E-state index contributed by atoms with van der Waals surface area (Å²) in [7, 11) is 1.65. The van der Waals surface area contributed by atoms with Crippen molar-refractivity contribution >= 4 is 22.6 Å². The lowest BCUT2D eigenvalue weighted by Gasteiger charge is -2.04. The molecule has 0 aliphatic carbocycles. The van der Waals surface area contributed by atoms with Crippen molar-refractivity contribution in [3.8, 4) is 17.0 Å². The molecule has 0 fully saturated rings. The number of nitrogens with zero attached hydrogens (tertiary/aromatic N) is 2. The fraction of sp³-hybridized carbons (Fsp3) is 0.0667. The Morgan fingerprint density at radius 2 is 1.79 bits per heavy atom. The van der Waals surface area contributed by atoms with E-state index in [0.29, 0.717) is 5.02 Å². The van der Waals surface area contributed by atoms with E-state index in [0.717, 1.165) is 28.0 Å². The summed E-state index contributed by atoms with van der Waals surface area (Å²) >= 11 is 5.93. The standard InChI is InChI=1S/C15H11ClN2O/c1-19-12-5-2-10(3-6-12)15-9-17-14-8-11(16)4-7-13(14)18-15/h2-9H,1H3. The third kappa shape index (κ3) is 2.37. The summed E-state index contributed by atoms with van der Waals surface area (Å²) in [6.45, 7) is 0. The van der Waals surface area contributed by atoms with E-state index >= 15 is 0 Å². The highest BCUT2D eigenvalue weighted by Crippen LogP contribution is 2.23. The van der Waals surface area contributed by atoms with Gasteiger partial charge < -0.3 is 4.74 Å². The van der Waals surface area contributed by atoms with Gasteiger partial charge in [-0.3, -0.25) is 4.98 Å². The minimum absolute atomic E-state index is 0.666. The lowest BCUT2D eigenvalue weighted by Crippen LogP contribution is -1.89. The van der Waals surface area contributed by atoms with Crippen molar-refractivity contribution in [1.82, 2.24) is 9.97 Å². The number of rotatable bonds is 2. The van der Waals surface area contributed by atoms with Crippen LogP contribution in [0.4, 0.5) is 0 Å². The van der Waals surface area contributed by atoms with Crippen LogP contribution in [0.1, 0.15) is 0 Å². The molecule has 2 aromatic carbocycles. The molecule has 0 radical (unpaired) electrons. The fourth-order valence-electron chi connectivity index (χ4n) is 1.88. The van der Waals surface area contributed by atoms with Crippen LogP contribution in [-0.2, 0) is 0 Å². The predicted molar refractivity (Wildman–Crippen MR) is 76.5 cm³/mol. The number of aromatic nitrogens is 2. The summed E-state index contributed by atoms with van der Waals surface area (Å²) in [5.41, 5.74) is 3.46. The molecule has 19 heavy (non-hydrogen) atoms. The topological polar surface area (TPSA) is 35.0 Å². The molecule has 4 heteroatoms. The van der Waals surface area contributed by atoms with Crippen LogP contribution in [0.2, 0.25) is 5.02 Å². The van der Waals surface area contributed by atoms with Crippen LogP contribution in [0.5, 0.6) is 5.75 Å². The molecule has 0 spiro atoms. The number of hydrogen-bond donors (Lipinski definition) is 0. The van der Waals surface area contributed by atoms with Crippen molar-refractivity contribution in [3.63, 3.8) is 0 Å². The van der Waals surface area contributed by atoms with Gasteiger partial charge in [0.05, 0.1) is 30.0 Å². The van der Waals surface area contributed by atoms with Crippen LogP contribution in [0.15, 0.2) is 48.7 Å². The molecule has 0 saturated heterocycles. The summed E-state index contributed by atoms with van der Waals surface area (Å²) in [6, 6.07) is 13.2. The SMILES string of the molecule is COc1ccc(-c2cnc3cc(Cl)ccc3n2)cc1. The Bertz CT molecular complexity index is 726. The molecular formula is C15H11ClN2O. The van der Waals surface area contributed by atoms with Gasteiger partial charge in [0.15, 0.2) is 0 Å². The first-order chi connectivity index (χ1) is 9.26. The van der Waals surface area contributed by atoms with E-state index in [1.54, 1.807) is 13.3 Å². The van der Waals surface area contributed by atoms with Crippen molar-refractivity contribution < 1.29 is 4.74 Å². The third-order valence-electron chi connectivity index (χ3n) is 2.89. The van der Waals surface area contributed by atoms with Gasteiger partial charge >= 0.3 is 0 Å². The highest BCUT2D eigenvalue weighted by atomic mass is 35.5. The average molecular weight is 271 g/mol. The highest BCUT2D eigenvalue weighted by Gasteiger charge is 2.03. The molecule has 3 nitrogen and oxygen atoms in total. The first-order valence-electron chi connectivity index (χ1n) is 5.83. The van der Waals surface area contributed by atoms with E-state index in [1.165, 1.54) is 0 Å². The van der Waals surface area contributed by atoms with Crippen molar-refractivity contribution in [3.05, 3.63) is 53.7 Å². The number of halogens is 1. The molecule has 0 saturated carbocycles. The molecule has 1 aromatic heterocycles. The first-order valence-corrected chi connectivity index (χ1v) is 6.21. The Morgan fingerprint density at radius 1 is 1.00 bits per heavy atom. The normalized spacial score (nSPS) is 10.6. The van der Waals surface area contributed by atoms with Crippen molar-refractivity contribution in [1.29, 1.82) is 0 Å². The van der Waals surface area contributed by atoms with Crippen LogP contribution >= 0.6 is 11.6 Å². The van der Waals surface area contributed by atoms with Crippen LogP contribution in [0, 0.1) is 0 Å². The molecule has 0 atom stereocenters. The summed E-state index contributed by atoms with van der Waals surface area (Å²) in [5, 5.41) is 0.666. The molecule has 94 valence electrons. The zero-order valence-electron chi connectivity index (χ0n) is 10.3. The molecular weight excluding hydrogens is 260 g/mol. The van der Waals surface area contributed by atoms with Crippen LogP contribution in [0.25, 0.3) is 22.3 Å². The van der Waals surface area contributed by atoms with Gasteiger partial charge in [-0.25, -0.2) is 4.98 Å². The van der Waals surface area contributed by atoms with E-state index in [2.05, 4.69) is 9.97 Å². The molecule has 0 bridgehead atoms. The molecule has 0 amide bonds. The highest BCUT2D eigenvalue weighted by molar-refractivity contribution is 6.31. The second-order valence-corrected chi connectivity index (χ2v) is 4.55. The molecule has 0 unspecified atom stereocenters. The van der Waals surface area contributed by atoms with Gasteiger partial charge in [0.1, 0.15) is 5.75 Å². The Labute approximate surface area is 115 Å². The average Bonchev–Trinajstić information content (AvgIpc) is 2.47. The lowest BCUT2D eigenvalue weighted by molar-refractivity contribution is 0.415. The van der Waals surface area contributed by atoms with E-state index in [-0.39, 0.29) is 0 Å². The molecule has 0 aliphatic heterocycles. The smallest absolute Gasteiger partial charge is 0.118 e. The Kier molecular flexibility index (Phi) is 3.05. The lowest BCUT2D eigenvalue weighted by atomic mass is 10.1. The van der Waals surface area contributed by atoms with Crippen molar-refractivity contribution in [2.75, 3.05) is 7.11 Å². The van der Waals surface area contributed by atoms with Gasteiger partial charge in [-0.15, -0.1) is 0 Å². The van der Waals surface area contributed by atoms with E-state index in [9.17, 15) is 0 Å². The Morgan fingerprint density at radius 3 is 2.53 bits per heavy atom. The van der Waals surface area contributed by atoms with Crippen LogP contribution in [-0.4, -0.2) is 17.1 Å². The number of benzene rings is 2. The number of ether oxygens (including phenoxy) is 1. The molecule has 0 aliphatic rings. The van der Waals surface area contributed by atoms with Gasteiger partial charge in [0.25, 0.3) is 0 Å². The Balaban J connectivity index is 2.06. The minimum Gasteiger partial charge on any atom is -0.497 e. The second-order valence-electron chi connectivity index (χ2n) is 4.12. The minimum atomic E-state index is 0.666. The predicted octanol–water partition coefficient (Wildman–Crippen LogP) is 3.96. The maximum absolute atomic E-state index is 5.93. The zero-order valence-corrected chi connectivity index (χ0v) is 11.1. The first kappa shape index (κ1) is 11.9. The number of hydrogen-bond acceptors (Lipinski definition) is 3. The van der Waals surface area contributed by atoms with Crippen molar-refractivity contribution in [2.24, 2.45) is 0 Å². The maximum atomic E-state index is 5.93. The summed E-state index contributed by atoms with van der Waals surface area (Å²) < 4.78 is 5.14. The van der Waals surface area contributed by atoms with Gasteiger partial charge in [-0.2, -0.15) is 0 Å².